The first-order valence-corrected chi connectivity index (χ1v) is 8.29. The fraction of sp³-hybridized carbons (Fsp3) is 0.158. The van der Waals surface area contributed by atoms with Crippen LogP contribution >= 0.6 is 0 Å². The van der Waals surface area contributed by atoms with Gasteiger partial charge in [0, 0.05) is 30.7 Å². The molecule has 0 saturated carbocycles. The Morgan fingerprint density at radius 2 is 1.93 bits per heavy atom. The highest BCUT2D eigenvalue weighted by molar-refractivity contribution is 5.96. The van der Waals surface area contributed by atoms with Gasteiger partial charge in [0.15, 0.2) is 5.82 Å². The van der Waals surface area contributed by atoms with Crippen LogP contribution in [0, 0.1) is 0 Å². The van der Waals surface area contributed by atoms with Gasteiger partial charge < -0.3 is 15.4 Å². The summed E-state index contributed by atoms with van der Waals surface area (Å²) in [5.41, 5.74) is 1.31. The normalized spacial score (nSPS) is 10.3. The number of carbonyl (C=O) groups is 2. The molecule has 0 fully saturated rings. The summed E-state index contributed by atoms with van der Waals surface area (Å²) in [5, 5.41) is 9.43. The van der Waals surface area contributed by atoms with Gasteiger partial charge in [-0.15, -0.1) is 0 Å². The average molecular weight is 365 g/mol. The van der Waals surface area contributed by atoms with Crippen LogP contribution < -0.4 is 15.4 Å². The monoisotopic (exact) mass is 365 g/mol. The molecule has 1 aromatic carbocycles. The highest BCUT2D eigenvalue weighted by atomic mass is 16.5. The van der Waals surface area contributed by atoms with E-state index in [2.05, 4.69) is 20.7 Å². The molecule has 2 N–H and O–H groups in total. The average Bonchev–Trinajstić information content (AvgIpc) is 3.26. The minimum atomic E-state index is -0.321. The van der Waals surface area contributed by atoms with E-state index in [1.54, 1.807) is 54.6 Å². The van der Waals surface area contributed by atoms with Crippen LogP contribution in [0.5, 0.6) is 5.75 Å². The zero-order valence-corrected chi connectivity index (χ0v) is 14.8. The molecule has 8 nitrogen and oxygen atoms in total. The van der Waals surface area contributed by atoms with Crippen molar-refractivity contribution in [3.63, 3.8) is 0 Å². The number of ether oxygens (including phenoxy) is 1. The van der Waals surface area contributed by atoms with Crippen LogP contribution in [0.1, 0.15) is 15.9 Å². The molecule has 2 amide bonds. The van der Waals surface area contributed by atoms with Crippen molar-refractivity contribution in [1.82, 2.24) is 25.4 Å². The van der Waals surface area contributed by atoms with Crippen LogP contribution in [0.4, 0.5) is 0 Å². The van der Waals surface area contributed by atoms with E-state index in [9.17, 15) is 9.59 Å². The van der Waals surface area contributed by atoms with Crippen molar-refractivity contribution in [2.45, 2.75) is 6.54 Å². The third-order valence-corrected chi connectivity index (χ3v) is 3.80. The largest absolute Gasteiger partial charge is 0.497 e. The third-order valence-electron chi connectivity index (χ3n) is 3.80. The lowest BCUT2D eigenvalue weighted by Gasteiger charge is -2.08. The second kappa shape index (κ2) is 8.61. The van der Waals surface area contributed by atoms with Gasteiger partial charge in [0.2, 0.25) is 5.91 Å². The SMILES string of the molecule is COc1ccc(C(=O)NCC(=O)NCc2ccc(-n3cccn3)nc2)cc1. The molecule has 27 heavy (non-hydrogen) atoms. The Balaban J connectivity index is 1.44. The van der Waals surface area contributed by atoms with Gasteiger partial charge in [0.25, 0.3) is 5.91 Å². The Hall–Kier alpha value is -3.68. The number of carbonyl (C=O) groups excluding carboxylic acids is 2. The van der Waals surface area contributed by atoms with Crippen molar-refractivity contribution in [3.8, 4) is 11.6 Å². The van der Waals surface area contributed by atoms with Crippen LogP contribution in [0.2, 0.25) is 0 Å². The third kappa shape index (κ3) is 4.91. The number of hydrogen-bond donors (Lipinski definition) is 2. The first-order chi connectivity index (χ1) is 13.2. The van der Waals surface area contributed by atoms with Crippen molar-refractivity contribution in [2.24, 2.45) is 0 Å². The highest BCUT2D eigenvalue weighted by Gasteiger charge is 2.08. The van der Waals surface area contributed by atoms with E-state index >= 15 is 0 Å². The standard InChI is InChI=1S/C19H19N5O3/c1-27-16-6-4-15(5-7-16)19(26)22-13-18(25)21-12-14-3-8-17(20-11-14)24-10-2-9-23-24/h2-11H,12-13H2,1H3,(H,21,25)(H,22,26). The number of rotatable bonds is 7. The molecule has 3 rings (SSSR count). The zero-order valence-electron chi connectivity index (χ0n) is 14.8. The van der Waals surface area contributed by atoms with Crippen molar-refractivity contribution < 1.29 is 14.3 Å². The first kappa shape index (κ1) is 18.1. The molecule has 0 spiro atoms. The van der Waals surface area contributed by atoms with Crippen LogP contribution in [0.15, 0.2) is 61.1 Å². The van der Waals surface area contributed by atoms with Gasteiger partial charge in [-0.2, -0.15) is 5.10 Å². The summed E-state index contributed by atoms with van der Waals surface area (Å²) in [4.78, 5) is 28.2. The Morgan fingerprint density at radius 3 is 2.56 bits per heavy atom. The van der Waals surface area contributed by atoms with E-state index in [4.69, 9.17) is 4.74 Å². The Labute approximate surface area is 156 Å². The van der Waals surface area contributed by atoms with Gasteiger partial charge in [-0.05, 0) is 42.0 Å². The summed E-state index contributed by atoms with van der Waals surface area (Å²) in [5.74, 6) is 0.754. The van der Waals surface area contributed by atoms with Gasteiger partial charge >= 0.3 is 0 Å². The molecular weight excluding hydrogens is 346 g/mol. The van der Waals surface area contributed by atoms with E-state index < -0.39 is 0 Å². The predicted octanol–water partition coefficient (Wildman–Crippen LogP) is 1.32. The van der Waals surface area contributed by atoms with E-state index in [0.717, 1.165) is 5.56 Å². The van der Waals surface area contributed by atoms with Crippen molar-refractivity contribution in [3.05, 3.63) is 72.2 Å². The fourth-order valence-corrected chi connectivity index (χ4v) is 2.33. The number of nitrogens with one attached hydrogen (secondary N) is 2. The lowest BCUT2D eigenvalue weighted by atomic mass is 10.2. The van der Waals surface area contributed by atoms with Crippen LogP contribution in [-0.2, 0) is 11.3 Å². The number of nitrogens with zero attached hydrogens (tertiary/aromatic N) is 3. The minimum Gasteiger partial charge on any atom is -0.497 e. The number of pyridine rings is 1. The van der Waals surface area contributed by atoms with Crippen molar-refractivity contribution in [1.29, 1.82) is 0 Å². The number of benzene rings is 1. The van der Waals surface area contributed by atoms with Gasteiger partial charge in [-0.25, -0.2) is 9.67 Å². The minimum absolute atomic E-state index is 0.107. The zero-order chi connectivity index (χ0) is 19.1. The number of aromatic nitrogens is 3. The number of amides is 2. The van der Waals surface area contributed by atoms with Gasteiger partial charge in [0.05, 0.1) is 13.7 Å². The molecule has 0 radical (unpaired) electrons. The van der Waals surface area contributed by atoms with E-state index in [-0.39, 0.29) is 18.4 Å². The molecular formula is C19H19N5O3. The second-order valence-corrected chi connectivity index (χ2v) is 5.66. The quantitative estimate of drug-likeness (QED) is 0.658. The number of hydrogen-bond acceptors (Lipinski definition) is 5. The molecule has 138 valence electrons. The summed E-state index contributed by atoms with van der Waals surface area (Å²) >= 11 is 0. The summed E-state index contributed by atoms with van der Waals surface area (Å²) in [6.45, 7) is 0.216. The molecule has 0 unspecified atom stereocenters. The molecule has 3 aromatic rings. The summed E-state index contributed by atoms with van der Waals surface area (Å²) in [7, 11) is 1.56. The topological polar surface area (TPSA) is 98.1 Å². The Bertz CT molecular complexity index is 890. The number of methoxy groups -OCH3 is 1. The summed E-state index contributed by atoms with van der Waals surface area (Å²) in [6, 6.07) is 12.2. The molecule has 0 aliphatic carbocycles. The highest BCUT2D eigenvalue weighted by Crippen LogP contribution is 2.11. The van der Waals surface area contributed by atoms with E-state index in [1.165, 1.54) is 0 Å². The molecule has 2 aromatic heterocycles. The second-order valence-electron chi connectivity index (χ2n) is 5.66. The van der Waals surface area contributed by atoms with E-state index in [0.29, 0.717) is 23.7 Å². The predicted molar refractivity (Wildman–Crippen MR) is 98.5 cm³/mol. The van der Waals surface area contributed by atoms with Crippen molar-refractivity contribution >= 4 is 11.8 Å². The molecule has 2 heterocycles. The fourth-order valence-electron chi connectivity index (χ4n) is 2.33. The maximum atomic E-state index is 12.0. The Morgan fingerprint density at radius 1 is 1.11 bits per heavy atom. The smallest absolute Gasteiger partial charge is 0.251 e. The molecule has 0 atom stereocenters. The summed E-state index contributed by atoms with van der Waals surface area (Å²) < 4.78 is 6.69. The lowest BCUT2D eigenvalue weighted by molar-refractivity contribution is -0.120. The molecule has 0 aliphatic heterocycles. The maximum absolute atomic E-state index is 12.0. The molecule has 0 aliphatic rings. The van der Waals surface area contributed by atoms with Crippen LogP contribution in [0.3, 0.4) is 0 Å². The maximum Gasteiger partial charge on any atom is 0.251 e. The lowest BCUT2D eigenvalue weighted by Crippen LogP contribution is -2.36. The van der Waals surface area contributed by atoms with Gasteiger partial charge in [0.1, 0.15) is 5.75 Å². The molecule has 8 heteroatoms. The summed E-state index contributed by atoms with van der Waals surface area (Å²) in [6.07, 6.45) is 5.15. The first-order valence-electron chi connectivity index (χ1n) is 8.29. The van der Waals surface area contributed by atoms with Crippen LogP contribution in [0.25, 0.3) is 5.82 Å². The van der Waals surface area contributed by atoms with Gasteiger partial charge in [-0.3, -0.25) is 9.59 Å². The van der Waals surface area contributed by atoms with Crippen molar-refractivity contribution in [2.75, 3.05) is 13.7 Å². The molecule has 0 saturated heterocycles. The van der Waals surface area contributed by atoms with Crippen LogP contribution in [-0.4, -0.2) is 40.2 Å². The Kier molecular flexibility index (Phi) is 5.78. The molecule has 0 bridgehead atoms. The van der Waals surface area contributed by atoms with Gasteiger partial charge in [-0.1, -0.05) is 6.07 Å². The van der Waals surface area contributed by atoms with E-state index in [1.807, 2.05) is 18.2 Å².